The maximum atomic E-state index is 9.93. The highest BCUT2D eigenvalue weighted by molar-refractivity contribution is 5.87. The van der Waals surface area contributed by atoms with Crippen LogP contribution < -0.4 is 5.73 Å². The lowest BCUT2D eigenvalue weighted by Gasteiger charge is -2.17. The molecule has 0 radical (unpaired) electrons. The minimum absolute atomic E-state index is 0.0331. The Bertz CT molecular complexity index is 512. The number of nitrogens with zero attached hydrogens (tertiary/aromatic N) is 1. The number of aromatic nitrogens is 1. The highest BCUT2D eigenvalue weighted by Crippen LogP contribution is 2.32. The van der Waals surface area contributed by atoms with Crippen molar-refractivity contribution in [2.24, 2.45) is 5.73 Å². The van der Waals surface area contributed by atoms with Gasteiger partial charge in [-0.3, -0.25) is 0 Å². The summed E-state index contributed by atoms with van der Waals surface area (Å²) in [5.74, 6) is 0.318. The lowest BCUT2D eigenvalue weighted by molar-refractivity contribution is 0.472. The largest absolute Gasteiger partial charge is 0.506 e. The summed E-state index contributed by atoms with van der Waals surface area (Å²) in [6.07, 6.45) is 0. The van der Waals surface area contributed by atoms with E-state index in [0.717, 1.165) is 16.6 Å². The van der Waals surface area contributed by atoms with Gasteiger partial charge < -0.3 is 15.4 Å². The zero-order valence-electron chi connectivity index (χ0n) is 9.94. The molecule has 0 fully saturated rings. The fraction of sp³-hybridized carbons (Fsp3) is 0.385. The molecule has 0 spiro atoms. The molecule has 3 N–H and O–H groups in total. The Balaban J connectivity index is 2.83. The van der Waals surface area contributed by atoms with E-state index in [1.165, 1.54) is 0 Å². The van der Waals surface area contributed by atoms with Crippen LogP contribution in [0.4, 0.5) is 0 Å². The smallest absolute Gasteiger partial charge is 0.139 e. The minimum Gasteiger partial charge on any atom is -0.506 e. The predicted octanol–water partition coefficient (Wildman–Crippen LogP) is 2.95. The molecule has 0 saturated heterocycles. The van der Waals surface area contributed by atoms with Gasteiger partial charge in [0.1, 0.15) is 5.75 Å². The van der Waals surface area contributed by atoms with Gasteiger partial charge in [-0.1, -0.05) is 12.1 Å². The molecule has 16 heavy (non-hydrogen) atoms. The van der Waals surface area contributed by atoms with Gasteiger partial charge in [-0.05, 0) is 32.9 Å². The first-order valence-electron chi connectivity index (χ1n) is 5.60. The number of nitrogens with two attached hydrogens (primary N) is 1. The summed E-state index contributed by atoms with van der Waals surface area (Å²) in [5.41, 5.74) is 7.90. The molecule has 2 aromatic rings. The monoisotopic (exact) mass is 218 g/mol. The van der Waals surface area contributed by atoms with E-state index < -0.39 is 0 Å². The molecule has 1 aromatic heterocycles. The lowest BCUT2D eigenvalue weighted by atomic mass is 10.2. The van der Waals surface area contributed by atoms with E-state index in [-0.39, 0.29) is 12.1 Å². The van der Waals surface area contributed by atoms with E-state index in [9.17, 15) is 5.11 Å². The van der Waals surface area contributed by atoms with Gasteiger partial charge in [-0.15, -0.1) is 0 Å². The van der Waals surface area contributed by atoms with Crippen molar-refractivity contribution in [1.29, 1.82) is 0 Å². The molecule has 1 aromatic carbocycles. The first-order chi connectivity index (χ1) is 7.52. The number of phenols is 1. The number of rotatable bonds is 2. The zero-order valence-corrected chi connectivity index (χ0v) is 9.94. The molecule has 1 unspecified atom stereocenters. The molecule has 0 aliphatic rings. The number of phenolic OH excluding ortho intramolecular Hbond substituents is 1. The quantitative estimate of drug-likeness (QED) is 0.814. The highest BCUT2D eigenvalue weighted by Gasteiger charge is 2.16. The SMILES string of the molecule is CC(N)c1cc2cccc(O)c2n1C(C)C. The van der Waals surface area contributed by atoms with E-state index in [1.807, 2.05) is 19.1 Å². The third-order valence-electron chi connectivity index (χ3n) is 2.85. The maximum Gasteiger partial charge on any atom is 0.139 e. The molecule has 0 bridgehead atoms. The number of hydrogen-bond donors (Lipinski definition) is 2. The van der Waals surface area contributed by atoms with E-state index in [1.54, 1.807) is 6.07 Å². The van der Waals surface area contributed by atoms with Gasteiger partial charge >= 0.3 is 0 Å². The van der Waals surface area contributed by atoms with Gasteiger partial charge in [0.25, 0.3) is 0 Å². The Morgan fingerprint density at radius 1 is 1.25 bits per heavy atom. The molecule has 0 amide bonds. The van der Waals surface area contributed by atoms with Crippen molar-refractivity contribution in [1.82, 2.24) is 4.57 Å². The van der Waals surface area contributed by atoms with Gasteiger partial charge in [0, 0.05) is 23.2 Å². The molecule has 1 atom stereocenters. The molecule has 0 aliphatic heterocycles. The average molecular weight is 218 g/mol. The van der Waals surface area contributed by atoms with Crippen molar-refractivity contribution in [2.45, 2.75) is 32.9 Å². The Morgan fingerprint density at radius 3 is 2.50 bits per heavy atom. The fourth-order valence-electron chi connectivity index (χ4n) is 2.19. The second kappa shape index (κ2) is 3.83. The average Bonchev–Trinajstić information content (AvgIpc) is 2.58. The highest BCUT2D eigenvalue weighted by atomic mass is 16.3. The number of benzene rings is 1. The lowest BCUT2D eigenvalue weighted by Crippen LogP contribution is -2.13. The molecule has 0 aliphatic carbocycles. The van der Waals surface area contributed by atoms with Crippen LogP contribution in [0.1, 0.15) is 38.5 Å². The van der Waals surface area contributed by atoms with Crippen LogP contribution >= 0.6 is 0 Å². The van der Waals surface area contributed by atoms with Crippen LogP contribution in [0.25, 0.3) is 10.9 Å². The Hall–Kier alpha value is -1.48. The van der Waals surface area contributed by atoms with Gasteiger partial charge in [-0.2, -0.15) is 0 Å². The summed E-state index contributed by atoms with van der Waals surface area (Å²) in [7, 11) is 0. The topological polar surface area (TPSA) is 51.2 Å². The minimum atomic E-state index is -0.0331. The summed E-state index contributed by atoms with van der Waals surface area (Å²) in [6.45, 7) is 6.15. The normalized spacial score (nSPS) is 13.6. The number of aromatic hydroxyl groups is 1. The first kappa shape index (κ1) is 11.0. The summed E-state index contributed by atoms with van der Waals surface area (Å²) in [6, 6.07) is 7.87. The van der Waals surface area contributed by atoms with Crippen LogP contribution in [0.3, 0.4) is 0 Å². The summed E-state index contributed by atoms with van der Waals surface area (Å²) < 4.78 is 2.11. The van der Waals surface area contributed by atoms with E-state index in [2.05, 4.69) is 24.5 Å². The maximum absolute atomic E-state index is 9.93. The van der Waals surface area contributed by atoms with Gasteiger partial charge in [0.15, 0.2) is 0 Å². The van der Waals surface area contributed by atoms with Crippen LogP contribution in [-0.2, 0) is 0 Å². The van der Waals surface area contributed by atoms with Crippen molar-refractivity contribution >= 4 is 10.9 Å². The molecule has 0 saturated carbocycles. The van der Waals surface area contributed by atoms with Crippen LogP contribution in [0.5, 0.6) is 5.75 Å². The molecule has 2 rings (SSSR count). The molecule has 3 nitrogen and oxygen atoms in total. The van der Waals surface area contributed by atoms with E-state index in [4.69, 9.17) is 5.73 Å². The number of para-hydroxylation sites is 1. The van der Waals surface area contributed by atoms with Crippen LogP contribution in [0.2, 0.25) is 0 Å². The standard InChI is InChI=1S/C13H18N2O/c1-8(2)15-11(9(3)14)7-10-5-4-6-12(16)13(10)15/h4-9,16H,14H2,1-3H3. The van der Waals surface area contributed by atoms with Crippen molar-refractivity contribution in [3.63, 3.8) is 0 Å². The van der Waals surface area contributed by atoms with Crippen molar-refractivity contribution < 1.29 is 5.11 Å². The molecular formula is C13H18N2O. The second-order valence-corrected chi connectivity index (χ2v) is 4.54. The van der Waals surface area contributed by atoms with E-state index in [0.29, 0.717) is 5.75 Å². The van der Waals surface area contributed by atoms with Crippen LogP contribution in [0, 0.1) is 0 Å². The van der Waals surface area contributed by atoms with Gasteiger partial charge in [0.2, 0.25) is 0 Å². The van der Waals surface area contributed by atoms with Gasteiger partial charge in [-0.25, -0.2) is 0 Å². The zero-order chi connectivity index (χ0) is 11.9. The summed E-state index contributed by atoms with van der Waals surface area (Å²) in [4.78, 5) is 0. The predicted molar refractivity (Wildman–Crippen MR) is 66.6 cm³/mol. The fourth-order valence-corrected chi connectivity index (χ4v) is 2.19. The third kappa shape index (κ3) is 1.57. The number of fused-ring (bicyclic) bond motifs is 1. The van der Waals surface area contributed by atoms with Crippen LogP contribution in [0.15, 0.2) is 24.3 Å². The Labute approximate surface area is 95.5 Å². The molecule has 3 heteroatoms. The summed E-state index contributed by atoms with van der Waals surface area (Å²) in [5, 5.41) is 11.0. The van der Waals surface area contributed by atoms with Crippen LogP contribution in [-0.4, -0.2) is 9.67 Å². The third-order valence-corrected chi connectivity index (χ3v) is 2.85. The van der Waals surface area contributed by atoms with E-state index >= 15 is 0 Å². The number of hydrogen-bond acceptors (Lipinski definition) is 2. The first-order valence-corrected chi connectivity index (χ1v) is 5.60. The summed E-state index contributed by atoms with van der Waals surface area (Å²) >= 11 is 0. The van der Waals surface area contributed by atoms with Crippen molar-refractivity contribution in [3.8, 4) is 5.75 Å². The molecule has 86 valence electrons. The second-order valence-electron chi connectivity index (χ2n) is 4.54. The molecular weight excluding hydrogens is 200 g/mol. The van der Waals surface area contributed by atoms with Gasteiger partial charge in [0.05, 0.1) is 5.52 Å². The Kier molecular flexibility index (Phi) is 2.64. The Morgan fingerprint density at radius 2 is 1.94 bits per heavy atom. The van der Waals surface area contributed by atoms with Crippen molar-refractivity contribution in [3.05, 3.63) is 30.0 Å². The van der Waals surface area contributed by atoms with Crippen molar-refractivity contribution in [2.75, 3.05) is 0 Å². The molecule has 1 heterocycles.